The van der Waals surface area contributed by atoms with E-state index < -0.39 is 0 Å². The highest BCUT2D eigenvalue weighted by Crippen LogP contribution is 2.31. The lowest BCUT2D eigenvalue weighted by atomic mass is 9.90. The van der Waals surface area contributed by atoms with Crippen molar-refractivity contribution >= 4 is 23.0 Å². The Kier molecular flexibility index (Phi) is 1.77. The standard InChI is InChI=1S/C13H13NS/c1-7-4-5-10-11(8(7)2)6-12-13(10)14-9(3)15-12/h4,6H,5H2,1-3H3. The molecular weight excluding hydrogens is 202 g/mol. The zero-order chi connectivity index (χ0) is 10.6. The van der Waals surface area contributed by atoms with Gasteiger partial charge >= 0.3 is 0 Å². The highest BCUT2D eigenvalue weighted by Gasteiger charge is 2.19. The molecule has 0 amide bonds. The molecule has 0 saturated heterocycles. The quantitative estimate of drug-likeness (QED) is 0.645. The van der Waals surface area contributed by atoms with Gasteiger partial charge in [0, 0.05) is 0 Å². The Morgan fingerprint density at radius 3 is 2.87 bits per heavy atom. The van der Waals surface area contributed by atoms with Gasteiger partial charge in [-0.3, -0.25) is 0 Å². The fourth-order valence-corrected chi connectivity index (χ4v) is 3.16. The summed E-state index contributed by atoms with van der Waals surface area (Å²) in [5.41, 5.74) is 5.68. The van der Waals surface area contributed by atoms with E-state index in [-0.39, 0.29) is 0 Å². The third kappa shape index (κ3) is 1.18. The van der Waals surface area contributed by atoms with Crippen molar-refractivity contribution < 1.29 is 0 Å². The van der Waals surface area contributed by atoms with Crippen molar-refractivity contribution in [3.05, 3.63) is 37.7 Å². The number of fused-ring (bicyclic) bond motifs is 2. The largest absolute Gasteiger partial charge is 0.241 e. The second-order valence-corrected chi connectivity index (χ2v) is 5.43. The predicted octanol–water partition coefficient (Wildman–Crippen LogP) is 2.06. The zero-order valence-electron chi connectivity index (χ0n) is 9.22. The number of rotatable bonds is 0. The van der Waals surface area contributed by atoms with Gasteiger partial charge in [0.25, 0.3) is 0 Å². The van der Waals surface area contributed by atoms with Crippen LogP contribution in [-0.4, -0.2) is 4.98 Å². The molecule has 3 rings (SSSR count). The molecule has 1 aromatic heterocycles. The fraction of sp³-hybridized carbons (Fsp3) is 0.308. The lowest BCUT2D eigenvalue weighted by molar-refractivity contribution is 1.17. The molecule has 0 bridgehead atoms. The summed E-state index contributed by atoms with van der Waals surface area (Å²) in [6.45, 7) is 6.48. The first kappa shape index (κ1) is 9.10. The number of hydrogen-bond acceptors (Lipinski definition) is 2. The van der Waals surface area contributed by atoms with E-state index >= 15 is 0 Å². The molecule has 0 aromatic carbocycles. The van der Waals surface area contributed by atoms with Crippen molar-refractivity contribution in [1.82, 2.24) is 4.98 Å². The maximum atomic E-state index is 4.62. The van der Waals surface area contributed by atoms with Gasteiger partial charge in [-0.15, -0.1) is 11.3 Å². The van der Waals surface area contributed by atoms with Crippen molar-refractivity contribution in [2.45, 2.75) is 27.2 Å². The van der Waals surface area contributed by atoms with Crippen LogP contribution in [0, 0.1) is 6.92 Å². The number of aryl methyl sites for hydroxylation is 1. The lowest BCUT2D eigenvalue weighted by Gasteiger charge is -2.14. The Morgan fingerprint density at radius 1 is 1.27 bits per heavy atom. The summed E-state index contributed by atoms with van der Waals surface area (Å²) < 4.78 is 1.35. The molecule has 0 atom stereocenters. The highest BCUT2D eigenvalue weighted by molar-refractivity contribution is 7.09. The van der Waals surface area contributed by atoms with E-state index in [9.17, 15) is 0 Å². The summed E-state index contributed by atoms with van der Waals surface area (Å²) in [5, 5.41) is 2.40. The van der Waals surface area contributed by atoms with E-state index in [0.717, 1.165) is 6.42 Å². The van der Waals surface area contributed by atoms with Crippen molar-refractivity contribution in [3.8, 4) is 0 Å². The van der Waals surface area contributed by atoms with E-state index in [1.54, 1.807) is 11.3 Å². The molecule has 1 nitrogen and oxygen atoms in total. The fourth-order valence-electron chi connectivity index (χ4n) is 2.26. The van der Waals surface area contributed by atoms with Gasteiger partial charge < -0.3 is 0 Å². The third-order valence-corrected chi connectivity index (χ3v) is 4.17. The molecule has 1 heterocycles. The molecular formula is C13H13NS. The van der Waals surface area contributed by atoms with Crippen LogP contribution in [0.1, 0.15) is 25.3 Å². The molecule has 0 unspecified atom stereocenters. The number of allylic oxidation sites excluding steroid dienone is 4. The second-order valence-electron chi connectivity index (χ2n) is 4.20. The van der Waals surface area contributed by atoms with Crippen LogP contribution < -0.4 is 9.88 Å². The lowest BCUT2D eigenvalue weighted by Crippen LogP contribution is -2.19. The Labute approximate surface area is 93.2 Å². The molecule has 0 N–H and O–H groups in total. The first-order valence-electron chi connectivity index (χ1n) is 5.23. The maximum Gasteiger partial charge on any atom is 0.0907 e. The Hall–Kier alpha value is -1.15. The minimum absolute atomic E-state index is 1.05. The topological polar surface area (TPSA) is 12.9 Å². The van der Waals surface area contributed by atoms with Gasteiger partial charge in [-0.25, -0.2) is 4.98 Å². The monoisotopic (exact) mass is 215 g/mol. The van der Waals surface area contributed by atoms with Gasteiger partial charge in [0.1, 0.15) is 0 Å². The molecule has 2 aliphatic carbocycles. The van der Waals surface area contributed by atoms with Gasteiger partial charge in [0.15, 0.2) is 0 Å². The molecule has 0 saturated carbocycles. The smallest absolute Gasteiger partial charge is 0.0907 e. The zero-order valence-corrected chi connectivity index (χ0v) is 10.0. The summed E-state index contributed by atoms with van der Waals surface area (Å²) in [6, 6.07) is 0. The average Bonchev–Trinajstić information content (AvgIpc) is 2.68. The average molecular weight is 215 g/mol. The molecule has 0 spiro atoms. The second kappa shape index (κ2) is 2.92. The van der Waals surface area contributed by atoms with Crippen LogP contribution in [0.25, 0.3) is 11.6 Å². The molecule has 76 valence electrons. The molecule has 0 aliphatic heterocycles. The maximum absolute atomic E-state index is 4.62. The molecule has 0 radical (unpaired) electrons. The molecule has 15 heavy (non-hydrogen) atoms. The Morgan fingerprint density at radius 2 is 2.07 bits per heavy atom. The van der Waals surface area contributed by atoms with E-state index in [1.807, 2.05) is 0 Å². The summed E-state index contributed by atoms with van der Waals surface area (Å²) in [6.07, 6.45) is 5.66. The number of hydrogen-bond donors (Lipinski definition) is 0. The van der Waals surface area contributed by atoms with E-state index in [0.29, 0.717) is 0 Å². The van der Waals surface area contributed by atoms with Crippen LogP contribution in [-0.2, 0) is 0 Å². The van der Waals surface area contributed by atoms with Crippen LogP contribution in [0.3, 0.4) is 0 Å². The number of nitrogens with zero attached hydrogens (tertiary/aromatic N) is 1. The van der Waals surface area contributed by atoms with E-state index in [1.165, 1.54) is 37.2 Å². The van der Waals surface area contributed by atoms with Gasteiger partial charge in [-0.2, -0.15) is 0 Å². The summed E-state index contributed by atoms with van der Waals surface area (Å²) in [7, 11) is 0. The molecule has 1 aromatic rings. The van der Waals surface area contributed by atoms with Crippen LogP contribution in [0.15, 0.2) is 22.8 Å². The Bertz CT molecular complexity index is 626. The summed E-state index contributed by atoms with van der Waals surface area (Å²) in [4.78, 5) is 4.62. The van der Waals surface area contributed by atoms with Gasteiger partial charge in [0.05, 0.1) is 14.9 Å². The summed E-state index contributed by atoms with van der Waals surface area (Å²) >= 11 is 1.80. The number of thiazole rings is 1. The van der Waals surface area contributed by atoms with Crippen molar-refractivity contribution in [1.29, 1.82) is 0 Å². The summed E-state index contributed by atoms with van der Waals surface area (Å²) in [5.74, 6) is 0. The SMILES string of the molecule is CC1=CCC2=c3nc(C)sc3=CC2=C1C. The van der Waals surface area contributed by atoms with Crippen LogP contribution in [0.2, 0.25) is 0 Å². The first-order valence-corrected chi connectivity index (χ1v) is 6.05. The molecule has 0 fully saturated rings. The van der Waals surface area contributed by atoms with E-state index in [4.69, 9.17) is 0 Å². The minimum atomic E-state index is 1.05. The van der Waals surface area contributed by atoms with Gasteiger partial charge in [0.2, 0.25) is 0 Å². The minimum Gasteiger partial charge on any atom is -0.241 e. The molecule has 2 aliphatic rings. The third-order valence-electron chi connectivity index (χ3n) is 3.25. The highest BCUT2D eigenvalue weighted by atomic mass is 32.1. The van der Waals surface area contributed by atoms with Crippen LogP contribution >= 0.6 is 11.3 Å². The van der Waals surface area contributed by atoms with Crippen molar-refractivity contribution in [2.24, 2.45) is 0 Å². The normalized spacial score (nSPS) is 18.6. The van der Waals surface area contributed by atoms with Crippen LogP contribution in [0.5, 0.6) is 0 Å². The van der Waals surface area contributed by atoms with Gasteiger partial charge in [-0.1, -0.05) is 11.6 Å². The van der Waals surface area contributed by atoms with Gasteiger partial charge in [-0.05, 0) is 50.0 Å². The molecule has 2 heteroatoms. The number of aromatic nitrogens is 1. The van der Waals surface area contributed by atoms with Crippen molar-refractivity contribution in [2.75, 3.05) is 0 Å². The van der Waals surface area contributed by atoms with Crippen LogP contribution in [0.4, 0.5) is 0 Å². The van der Waals surface area contributed by atoms with Crippen molar-refractivity contribution in [3.63, 3.8) is 0 Å². The van der Waals surface area contributed by atoms with E-state index in [2.05, 4.69) is 37.9 Å². The predicted molar refractivity (Wildman–Crippen MR) is 65.0 cm³/mol. The Balaban J connectivity index is 2.38. The first-order chi connectivity index (χ1) is 7.16.